The monoisotopic (exact) mass is 372 g/mol. The quantitative estimate of drug-likeness (QED) is 0.825. The molecule has 1 atom stereocenters. The number of rotatable bonds is 3. The van der Waals surface area contributed by atoms with Gasteiger partial charge in [0.1, 0.15) is 5.75 Å². The minimum absolute atomic E-state index is 0.0313. The lowest BCUT2D eigenvalue weighted by Gasteiger charge is -2.28. The number of imide groups is 1. The van der Waals surface area contributed by atoms with Gasteiger partial charge in [0.25, 0.3) is 5.91 Å². The fourth-order valence-electron chi connectivity index (χ4n) is 4.26. The number of carbonyl (C=O) groups excluding carboxylic acids is 3. The highest BCUT2D eigenvalue weighted by molar-refractivity contribution is 6.07. The highest BCUT2D eigenvalue weighted by atomic mass is 16.5. The minimum Gasteiger partial charge on any atom is -0.495 e. The number of amides is 4. The second kappa shape index (κ2) is 6.84. The molecule has 3 aliphatic rings. The molecule has 0 aromatic heterocycles. The van der Waals surface area contributed by atoms with Crippen molar-refractivity contribution in [1.82, 2.24) is 15.5 Å². The summed E-state index contributed by atoms with van der Waals surface area (Å²) < 4.78 is 5.37. The van der Waals surface area contributed by atoms with Gasteiger partial charge in [-0.2, -0.15) is 0 Å². The SMILES string of the molecule is COc1ccc(C(=O)N2CCC3(CCNC3)C2)cc1N1CCC(=O)NC1=O. The van der Waals surface area contributed by atoms with Crippen LogP contribution >= 0.6 is 0 Å². The normalized spacial score (nSPS) is 25.2. The Kier molecular flexibility index (Phi) is 4.51. The lowest BCUT2D eigenvalue weighted by atomic mass is 9.86. The zero-order valence-electron chi connectivity index (χ0n) is 15.4. The predicted octanol–water partition coefficient (Wildman–Crippen LogP) is 0.967. The summed E-state index contributed by atoms with van der Waals surface area (Å²) in [5.41, 5.74) is 1.24. The van der Waals surface area contributed by atoms with E-state index in [0.29, 0.717) is 17.0 Å². The largest absolute Gasteiger partial charge is 0.495 e. The Labute approximate surface area is 157 Å². The van der Waals surface area contributed by atoms with Crippen molar-refractivity contribution in [1.29, 1.82) is 0 Å². The van der Waals surface area contributed by atoms with Crippen LogP contribution in [0.2, 0.25) is 0 Å². The molecule has 4 rings (SSSR count). The molecule has 4 amide bonds. The van der Waals surface area contributed by atoms with Crippen molar-refractivity contribution in [3.8, 4) is 5.75 Å². The van der Waals surface area contributed by atoms with E-state index in [1.165, 1.54) is 12.0 Å². The van der Waals surface area contributed by atoms with Crippen molar-refractivity contribution in [2.45, 2.75) is 19.3 Å². The summed E-state index contributed by atoms with van der Waals surface area (Å²) in [5, 5.41) is 5.70. The van der Waals surface area contributed by atoms with Gasteiger partial charge in [-0.25, -0.2) is 4.79 Å². The van der Waals surface area contributed by atoms with E-state index >= 15 is 0 Å². The molecule has 0 bridgehead atoms. The second-order valence-electron chi connectivity index (χ2n) is 7.55. The second-order valence-corrected chi connectivity index (χ2v) is 7.55. The van der Waals surface area contributed by atoms with Crippen molar-refractivity contribution in [3.05, 3.63) is 23.8 Å². The van der Waals surface area contributed by atoms with Crippen molar-refractivity contribution in [2.24, 2.45) is 5.41 Å². The van der Waals surface area contributed by atoms with Crippen LogP contribution in [0.1, 0.15) is 29.6 Å². The average molecular weight is 372 g/mol. The van der Waals surface area contributed by atoms with Gasteiger partial charge >= 0.3 is 6.03 Å². The maximum atomic E-state index is 13.0. The number of anilines is 1. The molecule has 3 aliphatic heterocycles. The molecule has 3 fully saturated rings. The minimum atomic E-state index is -0.494. The first-order chi connectivity index (χ1) is 13.0. The summed E-state index contributed by atoms with van der Waals surface area (Å²) >= 11 is 0. The van der Waals surface area contributed by atoms with Gasteiger partial charge in [0.15, 0.2) is 0 Å². The number of benzene rings is 1. The van der Waals surface area contributed by atoms with E-state index in [4.69, 9.17) is 4.74 Å². The number of carbonyl (C=O) groups is 3. The summed E-state index contributed by atoms with van der Waals surface area (Å²) in [4.78, 5) is 40.0. The highest BCUT2D eigenvalue weighted by Gasteiger charge is 2.42. The fraction of sp³-hybridized carbons (Fsp3) is 0.526. The van der Waals surface area contributed by atoms with E-state index in [1.54, 1.807) is 18.2 Å². The summed E-state index contributed by atoms with van der Waals surface area (Å²) in [6, 6.07) is 4.63. The molecule has 0 aliphatic carbocycles. The summed E-state index contributed by atoms with van der Waals surface area (Å²) in [5.74, 6) is 0.167. The molecule has 3 saturated heterocycles. The van der Waals surface area contributed by atoms with E-state index in [1.807, 2.05) is 4.90 Å². The van der Waals surface area contributed by atoms with Gasteiger partial charge in [-0.1, -0.05) is 0 Å². The molecule has 1 unspecified atom stereocenters. The van der Waals surface area contributed by atoms with Crippen LogP contribution in [-0.2, 0) is 4.79 Å². The third-order valence-electron chi connectivity index (χ3n) is 5.83. The van der Waals surface area contributed by atoms with E-state index in [2.05, 4.69) is 10.6 Å². The third kappa shape index (κ3) is 3.25. The molecule has 1 spiro atoms. The molecule has 0 radical (unpaired) electrons. The van der Waals surface area contributed by atoms with Crippen LogP contribution in [0.25, 0.3) is 0 Å². The summed E-state index contributed by atoms with van der Waals surface area (Å²) in [7, 11) is 1.52. The number of nitrogens with zero attached hydrogens (tertiary/aromatic N) is 2. The number of hydrogen-bond donors (Lipinski definition) is 2. The van der Waals surface area contributed by atoms with Crippen molar-refractivity contribution < 1.29 is 19.1 Å². The summed E-state index contributed by atoms with van der Waals surface area (Å²) in [6.45, 7) is 3.75. The fourth-order valence-corrected chi connectivity index (χ4v) is 4.26. The van der Waals surface area contributed by atoms with Crippen LogP contribution in [-0.4, -0.2) is 62.6 Å². The molecular formula is C19H24N4O4. The Morgan fingerprint density at radius 3 is 2.78 bits per heavy atom. The number of nitrogens with one attached hydrogen (secondary N) is 2. The first kappa shape index (κ1) is 17.8. The lowest BCUT2D eigenvalue weighted by molar-refractivity contribution is -0.120. The van der Waals surface area contributed by atoms with Gasteiger partial charge in [-0.3, -0.25) is 19.8 Å². The first-order valence-corrected chi connectivity index (χ1v) is 9.31. The van der Waals surface area contributed by atoms with Gasteiger partial charge < -0.3 is 15.0 Å². The number of hydrogen-bond acceptors (Lipinski definition) is 5. The number of methoxy groups -OCH3 is 1. The molecule has 8 heteroatoms. The number of urea groups is 1. The Hall–Kier alpha value is -2.61. The molecular weight excluding hydrogens is 348 g/mol. The maximum absolute atomic E-state index is 13.0. The Balaban J connectivity index is 1.58. The number of likely N-dealkylation sites (tertiary alicyclic amines) is 1. The van der Waals surface area contributed by atoms with Crippen molar-refractivity contribution >= 4 is 23.5 Å². The lowest BCUT2D eigenvalue weighted by Crippen LogP contribution is -2.49. The molecule has 2 N–H and O–H groups in total. The van der Waals surface area contributed by atoms with Crippen LogP contribution in [0.4, 0.5) is 10.5 Å². The third-order valence-corrected chi connectivity index (χ3v) is 5.83. The molecule has 3 heterocycles. The van der Waals surface area contributed by atoms with Crippen LogP contribution in [0.5, 0.6) is 5.75 Å². The van der Waals surface area contributed by atoms with E-state index < -0.39 is 6.03 Å². The molecule has 8 nitrogen and oxygen atoms in total. The van der Waals surface area contributed by atoms with Gasteiger partial charge in [0.05, 0.1) is 12.8 Å². The first-order valence-electron chi connectivity index (χ1n) is 9.31. The van der Waals surface area contributed by atoms with Crippen LogP contribution in [0, 0.1) is 5.41 Å². The van der Waals surface area contributed by atoms with Crippen LogP contribution < -0.4 is 20.3 Å². The molecule has 27 heavy (non-hydrogen) atoms. The van der Waals surface area contributed by atoms with Gasteiger partial charge in [0, 0.05) is 43.6 Å². The molecule has 144 valence electrons. The average Bonchev–Trinajstić information content (AvgIpc) is 3.31. The Bertz CT molecular complexity index is 788. The standard InChI is InChI=1S/C19H24N4O4/c1-27-15-3-2-13(10-14(15)23-8-4-16(24)21-18(23)26)17(25)22-9-6-19(12-22)5-7-20-11-19/h2-3,10,20H,4-9,11-12H2,1H3,(H,21,24,26). The van der Waals surface area contributed by atoms with Gasteiger partial charge in [-0.15, -0.1) is 0 Å². The topological polar surface area (TPSA) is 91.0 Å². The Morgan fingerprint density at radius 1 is 1.22 bits per heavy atom. The summed E-state index contributed by atoms with van der Waals surface area (Å²) in [6.07, 6.45) is 2.34. The van der Waals surface area contributed by atoms with E-state index in [9.17, 15) is 14.4 Å². The molecule has 0 saturated carbocycles. The van der Waals surface area contributed by atoms with Crippen LogP contribution in [0.3, 0.4) is 0 Å². The number of ether oxygens (including phenoxy) is 1. The highest BCUT2D eigenvalue weighted by Crippen LogP contribution is 2.37. The Morgan fingerprint density at radius 2 is 2.07 bits per heavy atom. The zero-order chi connectivity index (χ0) is 19.0. The smallest absolute Gasteiger partial charge is 0.328 e. The van der Waals surface area contributed by atoms with E-state index in [-0.39, 0.29) is 30.2 Å². The van der Waals surface area contributed by atoms with Crippen molar-refractivity contribution in [2.75, 3.05) is 44.7 Å². The molecule has 1 aromatic rings. The van der Waals surface area contributed by atoms with Crippen molar-refractivity contribution in [3.63, 3.8) is 0 Å². The van der Waals surface area contributed by atoms with Gasteiger partial charge in [-0.05, 0) is 37.6 Å². The zero-order valence-corrected chi connectivity index (χ0v) is 15.4. The van der Waals surface area contributed by atoms with Gasteiger partial charge in [0.2, 0.25) is 5.91 Å². The van der Waals surface area contributed by atoms with E-state index in [0.717, 1.165) is 39.0 Å². The molecule has 1 aromatic carbocycles. The van der Waals surface area contributed by atoms with Crippen LogP contribution in [0.15, 0.2) is 18.2 Å². The predicted molar refractivity (Wildman–Crippen MR) is 98.9 cm³/mol. The maximum Gasteiger partial charge on any atom is 0.328 e.